The Kier molecular flexibility index (Phi) is 19.5. The Labute approximate surface area is 189 Å². The first-order chi connectivity index (χ1) is 13.7. The fourth-order valence-electron chi connectivity index (χ4n) is 3.56. The summed E-state index contributed by atoms with van der Waals surface area (Å²) in [5.41, 5.74) is 0.860. The largest absolute Gasteiger partial charge is 0.395 e. The molecule has 1 aromatic rings. The van der Waals surface area contributed by atoms with Gasteiger partial charge in [0, 0.05) is 4.90 Å². The second-order valence-corrected chi connectivity index (χ2v) is 8.73. The van der Waals surface area contributed by atoms with Crippen molar-refractivity contribution in [1.82, 2.24) is 5.32 Å². The van der Waals surface area contributed by atoms with Crippen molar-refractivity contribution in [3.8, 4) is 0 Å². The van der Waals surface area contributed by atoms with Crippen molar-refractivity contribution in [3.63, 3.8) is 0 Å². The van der Waals surface area contributed by atoms with E-state index in [4.69, 9.17) is 0 Å². The van der Waals surface area contributed by atoms with E-state index < -0.39 is 6.10 Å². The van der Waals surface area contributed by atoms with Gasteiger partial charge in [0.15, 0.2) is 0 Å². The molecule has 170 valence electrons. The summed E-state index contributed by atoms with van der Waals surface area (Å²) in [5, 5.41) is 23.5. The normalized spacial score (nSPS) is 13.1. The van der Waals surface area contributed by atoms with Crippen LogP contribution in [0.2, 0.25) is 0 Å². The van der Waals surface area contributed by atoms with Crippen molar-refractivity contribution in [1.29, 1.82) is 0 Å². The molecule has 2 unspecified atom stereocenters. The fourth-order valence-corrected chi connectivity index (χ4v) is 3.97. The lowest BCUT2D eigenvalue weighted by Gasteiger charge is -2.23. The monoisotopic (exact) mass is 445 g/mol. The van der Waals surface area contributed by atoms with Crippen molar-refractivity contribution in [2.24, 2.45) is 0 Å². The molecule has 0 heterocycles. The van der Waals surface area contributed by atoms with E-state index in [2.05, 4.69) is 12.2 Å². The highest BCUT2D eigenvalue weighted by Crippen LogP contribution is 2.21. The molecule has 5 heteroatoms. The smallest absolute Gasteiger partial charge is 0.0965 e. The Hall–Kier alpha value is -0.260. The molecule has 1 aromatic carbocycles. The maximum atomic E-state index is 10.5. The fraction of sp³-hybridized carbons (Fsp3) is 0.750. The van der Waals surface area contributed by atoms with Crippen LogP contribution < -0.4 is 5.32 Å². The molecule has 0 aromatic heterocycles. The number of hydrogen-bond donors (Lipinski definition) is 3. The summed E-state index contributed by atoms with van der Waals surface area (Å²) in [6.45, 7) is 3.07. The third kappa shape index (κ3) is 13.6. The van der Waals surface area contributed by atoms with Crippen LogP contribution in [0.1, 0.15) is 95.6 Å². The van der Waals surface area contributed by atoms with Crippen LogP contribution in [0.15, 0.2) is 29.2 Å². The number of aliphatic hydroxyl groups excluding tert-OH is 2. The average molecular weight is 446 g/mol. The summed E-state index contributed by atoms with van der Waals surface area (Å²) in [4.78, 5) is 1.18. The number of hydrogen-bond acceptors (Lipinski definition) is 4. The molecule has 0 amide bonds. The maximum Gasteiger partial charge on any atom is 0.0965 e. The molecule has 0 radical (unpaired) electrons. The Balaban J connectivity index is 0.00000784. The van der Waals surface area contributed by atoms with E-state index in [9.17, 15) is 10.2 Å². The lowest BCUT2D eigenvalue weighted by molar-refractivity contribution is 0.0899. The molecule has 2 atom stereocenters. The van der Waals surface area contributed by atoms with Gasteiger partial charge in [-0.15, -0.1) is 24.2 Å². The Morgan fingerprint density at radius 2 is 1.31 bits per heavy atom. The Morgan fingerprint density at radius 3 is 1.76 bits per heavy atom. The highest BCUT2D eigenvalue weighted by atomic mass is 35.5. The SMILES string of the molecule is CCCCCCCCCCCCCCNC(CO)C(O)c1ccc(SC)cc1.Cl. The molecule has 0 fully saturated rings. The summed E-state index contributed by atoms with van der Waals surface area (Å²) in [6.07, 6.45) is 17.4. The van der Waals surface area contributed by atoms with Gasteiger partial charge < -0.3 is 15.5 Å². The molecule has 0 saturated heterocycles. The van der Waals surface area contributed by atoms with Gasteiger partial charge in [0.05, 0.1) is 18.8 Å². The van der Waals surface area contributed by atoms with Crippen LogP contribution in [0.25, 0.3) is 0 Å². The van der Waals surface area contributed by atoms with E-state index in [-0.39, 0.29) is 25.1 Å². The van der Waals surface area contributed by atoms with Crippen LogP contribution in [0.5, 0.6) is 0 Å². The minimum Gasteiger partial charge on any atom is -0.395 e. The van der Waals surface area contributed by atoms with Crippen molar-refractivity contribution < 1.29 is 10.2 Å². The van der Waals surface area contributed by atoms with Crippen LogP contribution >= 0.6 is 24.2 Å². The average Bonchev–Trinajstić information content (AvgIpc) is 2.73. The van der Waals surface area contributed by atoms with Crippen LogP contribution in [-0.2, 0) is 0 Å². The first-order valence-corrected chi connectivity index (χ1v) is 12.6. The number of aliphatic hydroxyl groups is 2. The minimum absolute atomic E-state index is 0. The van der Waals surface area contributed by atoms with E-state index in [1.54, 1.807) is 11.8 Å². The van der Waals surface area contributed by atoms with E-state index >= 15 is 0 Å². The number of halogens is 1. The number of benzene rings is 1. The minimum atomic E-state index is -0.668. The van der Waals surface area contributed by atoms with Crippen molar-refractivity contribution in [2.45, 2.75) is 101 Å². The quantitative estimate of drug-likeness (QED) is 0.178. The van der Waals surface area contributed by atoms with Gasteiger partial charge in [-0.25, -0.2) is 0 Å². The summed E-state index contributed by atoms with van der Waals surface area (Å²) >= 11 is 1.69. The highest BCUT2D eigenvalue weighted by Gasteiger charge is 2.19. The molecule has 29 heavy (non-hydrogen) atoms. The molecule has 0 aliphatic rings. The molecule has 0 aliphatic heterocycles. The van der Waals surface area contributed by atoms with Gasteiger partial charge in [0.1, 0.15) is 0 Å². The van der Waals surface area contributed by atoms with E-state index in [0.29, 0.717) is 0 Å². The van der Waals surface area contributed by atoms with E-state index in [1.807, 2.05) is 30.5 Å². The van der Waals surface area contributed by atoms with Crippen LogP contribution in [0, 0.1) is 0 Å². The molecule has 3 nitrogen and oxygen atoms in total. The zero-order valence-electron chi connectivity index (χ0n) is 18.6. The van der Waals surface area contributed by atoms with Crippen molar-refractivity contribution >= 4 is 24.2 Å². The lowest BCUT2D eigenvalue weighted by atomic mass is 10.0. The van der Waals surface area contributed by atoms with Gasteiger partial charge in [-0.3, -0.25) is 0 Å². The number of rotatable bonds is 18. The topological polar surface area (TPSA) is 52.5 Å². The van der Waals surface area contributed by atoms with Gasteiger partial charge in [-0.1, -0.05) is 89.7 Å². The van der Waals surface area contributed by atoms with Crippen LogP contribution in [0.4, 0.5) is 0 Å². The van der Waals surface area contributed by atoms with Crippen molar-refractivity contribution in [3.05, 3.63) is 29.8 Å². The molecule has 0 saturated carbocycles. The van der Waals surface area contributed by atoms with Gasteiger partial charge in [0.25, 0.3) is 0 Å². The van der Waals surface area contributed by atoms with Gasteiger partial charge >= 0.3 is 0 Å². The van der Waals surface area contributed by atoms with Crippen molar-refractivity contribution in [2.75, 3.05) is 19.4 Å². The molecule has 3 N–H and O–H groups in total. The predicted octanol–water partition coefficient (Wildman–Crippen LogP) is 6.52. The Morgan fingerprint density at radius 1 is 0.828 bits per heavy atom. The molecule has 0 bridgehead atoms. The maximum absolute atomic E-state index is 10.5. The summed E-state index contributed by atoms with van der Waals surface area (Å²) in [6, 6.07) is 7.63. The second-order valence-electron chi connectivity index (χ2n) is 7.85. The molecule has 1 rings (SSSR count). The standard InChI is InChI=1S/C24H43NO2S.ClH/c1-3-4-5-6-7-8-9-10-11-12-13-14-19-25-23(20-26)24(27)21-15-17-22(28-2)18-16-21;/h15-18,23-27H,3-14,19-20H2,1-2H3;1H. The van der Waals surface area contributed by atoms with Crippen LogP contribution in [-0.4, -0.2) is 35.7 Å². The van der Waals surface area contributed by atoms with Gasteiger partial charge in [0.2, 0.25) is 0 Å². The highest BCUT2D eigenvalue weighted by molar-refractivity contribution is 7.98. The predicted molar refractivity (Wildman–Crippen MR) is 130 cm³/mol. The Bertz CT molecular complexity index is 472. The third-order valence-corrected chi connectivity index (χ3v) is 6.22. The zero-order chi connectivity index (χ0) is 20.5. The zero-order valence-corrected chi connectivity index (χ0v) is 20.2. The third-order valence-electron chi connectivity index (χ3n) is 5.47. The molecule has 0 aliphatic carbocycles. The number of thioether (sulfide) groups is 1. The summed E-state index contributed by atoms with van der Waals surface area (Å²) in [5.74, 6) is 0. The lowest BCUT2D eigenvalue weighted by Crippen LogP contribution is -2.38. The van der Waals surface area contributed by atoms with E-state index in [1.165, 1.54) is 75.5 Å². The second kappa shape index (κ2) is 19.7. The van der Waals surface area contributed by atoms with E-state index in [0.717, 1.165) is 18.5 Å². The van der Waals surface area contributed by atoms with Crippen LogP contribution in [0.3, 0.4) is 0 Å². The number of unbranched alkanes of at least 4 members (excludes halogenated alkanes) is 11. The first-order valence-electron chi connectivity index (χ1n) is 11.4. The first kappa shape index (κ1) is 28.7. The summed E-state index contributed by atoms with van der Waals surface area (Å²) < 4.78 is 0. The van der Waals surface area contributed by atoms with Gasteiger partial charge in [-0.05, 0) is 36.9 Å². The van der Waals surface area contributed by atoms with Gasteiger partial charge in [-0.2, -0.15) is 0 Å². The molecule has 0 spiro atoms. The molecular formula is C24H44ClNO2S. The summed E-state index contributed by atoms with van der Waals surface area (Å²) in [7, 11) is 0. The number of nitrogens with one attached hydrogen (secondary N) is 1. The molecular weight excluding hydrogens is 402 g/mol.